The molecule has 1 aliphatic heterocycles. The molecular formula is C20H32O12. The summed E-state index contributed by atoms with van der Waals surface area (Å²) in [5.41, 5.74) is 0. The van der Waals surface area contributed by atoms with E-state index < -0.39 is 60.7 Å². The Bertz CT molecular complexity index is 636. The van der Waals surface area contributed by atoms with E-state index >= 15 is 0 Å². The van der Waals surface area contributed by atoms with Gasteiger partial charge in [0.15, 0.2) is 24.6 Å². The molecule has 32 heavy (non-hydrogen) atoms. The summed E-state index contributed by atoms with van der Waals surface area (Å²) >= 11 is 0. The van der Waals surface area contributed by atoms with Gasteiger partial charge in [0.2, 0.25) is 0 Å². The Morgan fingerprint density at radius 3 is 1.88 bits per heavy atom. The smallest absolute Gasteiger partial charge is 0.303 e. The molecule has 1 fully saturated rings. The maximum Gasteiger partial charge on any atom is 0.303 e. The molecule has 1 aliphatic rings. The van der Waals surface area contributed by atoms with Crippen LogP contribution in [0.15, 0.2) is 0 Å². The molecule has 1 heterocycles. The zero-order valence-corrected chi connectivity index (χ0v) is 19.2. The van der Waals surface area contributed by atoms with Crippen LogP contribution in [0, 0.1) is 0 Å². The summed E-state index contributed by atoms with van der Waals surface area (Å²) in [6.07, 6.45) is -6.60. The highest BCUT2D eigenvalue weighted by molar-refractivity contribution is 5.68. The van der Waals surface area contributed by atoms with Crippen molar-refractivity contribution in [1.82, 2.24) is 0 Å². The van der Waals surface area contributed by atoms with Crippen molar-refractivity contribution in [3.05, 3.63) is 0 Å². The van der Waals surface area contributed by atoms with E-state index in [0.29, 0.717) is 6.61 Å². The summed E-state index contributed by atoms with van der Waals surface area (Å²) < 4.78 is 43.2. The van der Waals surface area contributed by atoms with Gasteiger partial charge in [-0.3, -0.25) is 19.2 Å². The van der Waals surface area contributed by atoms with E-state index in [1.807, 2.05) is 6.92 Å². The third-order valence-corrected chi connectivity index (χ3v) is 4.24. The first-order valence-electron chi connectivity index (χ1n) is 10.1. The zero-order valence-electron chi connectivity index (χ0n) is 19.2. The molecule has 1 rings (SSSR count). The first-order chi connectivity index (χ1) is 15.1. The third kappa shape index (κ3) is 9.47. The molecular weight excluding hydrogens is 432 g/mol. The van der Waals surface area contributed by atoms with Crippen LogP contribution in [0.3, 0.4) is 0 Å². The van der Waals surface area contributed by atoms with E-state index in [1.165, 1.54) is 14.0 Å². The van der Waals surface area contributed by atoms with Gasteiger partial charge in [0.05, 0.1) is 13.2 Å². The van der Waals surface area contributed by atoms with Crippen molar-refractivity contribution >= 4 is 23.9 Å². The highest BCUT2D eigenvalue weighted by atomic mass is 16.7. The molecule has 184 valence electrons. The van der Waals surface area contributed by atoms with E-state index in [2.05, 4.69) is 0 Å². The summed E-state index contributed by atoms with van der Waals surface area (Å²) in [6.45, 7) is 6.82. The second-order valence-electron chi connectivity index (χ2n) is 6.92. The van der Waals surface area contributed by atoms with E-state index in [9.17, 15) is 19.2 Å². The number of ether oxygens (including phenoxy) is 8. The first kappa shape index (κ1) is 27.8. The van der Waals surface area contributed by atoms with Gasteiger partial charge in [-0.25, -0.2) is 0 Å². The van der Waals surface area contributed by atoms with E-state index in [4.69, 9.17) is 37.9 Å². The Morgan fingerprint density at radius 1 is 0.812 bits per heavy atom. The Morgan fingerprint density at radius 2 is 1.38 bits per heavy atom. The van der Waals surface area contributed by atoms with Gasteiger partial charge in [-0.15, -0.1) is 0 Å². The van der Waals surface area contributed by atoms with Gasteiger partial charge in [-0.1, -0.05) is 0 Å². The predicted molar refractivity (Wildman–Crippen MR) is 105 cm³/mol. The fraction of sp³-hybridized carbons (Fsp3) is 0.800. The molecule has 3 unspecified atom stereocenters. The van der Waals surface area contributed by atoms with Crippen molar-refractivity contribution in [2.45, 2.75) is 71.4 Å². The van der Waals surface area contributed by atoms with Crippen LogP contribution in [-0.4, -0.2) is 94.2 Å². The summed E-state index contributed by atoms with van der Waals surface area (Å²) in [5, 5.41) is 0. The molecule has 0 N–H and O–H groups in total. The van der Waals surface area contributed by atoms with Crippen LogP contribution in [0.1, 0.15) is 34.6 Å². The van der Waals surface area contributed by atoms with Crippen LogP contribution in [-0.2, 0) is 57.1 Å². The number of carbonyl (C=O) groups excluding carboxylic acids is 4. The van der Waals surface area contributed by atoms with Crippen molar-refractivity contribution < 1.29 is 57.1 Å². The molecule has 0 bridgehead atoms. The van der Waals surface area contributed by atoms with Gasteiger partial charge in [0.25, 0.3) is 0 Å². The van der Waals surface area contributed by atoms with Crippen LogP contribution in [0.25, 0.3) is 0 Å². The van der Waals surface area contributed by atoms with Gasteiger partial charge in [-0.05, 0) is 6.92 Å². The van der Waals surface area contributed by atoms with E-state index in [0.717, 1.165) is 20.8 Å². The Labute approximate surface area is 186 Å². The maximum absolute atomic E-state index is 11.8. The molecule has 0 saturated carbocycles. The number of hydrogen-bond donors (Lipinski definition) is 0. The SMILES string of the molecule is CCOCC(CO[C@@H]1OC(COC(C)=O)[C@@H](OC(C)=O)C(OC(C)=O)[C@@H]1OC(C)=O)OC. The largest absolute Gasteiger partial charge is 0.463 e. The highest BCUT2D eigenvalue weighted by Gasteiger charge is 2.52. The number of methoxy groups -OCH3 is 1. The summed E-state index contributed by atoms with van der Waals surface area (Å²) in [6, 6.07) is 0. The molecule has 12 nitrogen and oxygen atoms in total. The summed E-state index contributed by atoms with van der Waals surface area (Å²) in [4.78, 5) is 46.5. The fourth-order valence-electron chi connectivity index (χ4n) is 2.96. The van der Waals surface area contributed by atoms with Crippen LogP contribution < -0.4 is 0 Å². The molecule has 0 aliphatic carbocycles. The topological polar surface area (TPSA) is 142 Å². The fourth-order valence-corrected chi connectivity index (χ4v) is 2.96. The molecule has 0 aromatic heterocycles. The van der Waals surface area contributed by atoms with Gasteiger partial charge in [-0.2, -0.15) is 0 Å². The molecule has 0 radical (unpaired) electrons. The van der Waals surface area contributed by atoms with Crippen LogP contribution in [0.2, 0.25) is 0 Å². The maximum atomic E-state index is 11.8. The third-order valence-electron chi connectivity index (χ3n) is 4.24. The van der Waals surface area contributed by atoms with Crippen molar-refractivity contribution in [1.29, 1.82) is 0 Å². The first-order valence-corrected chi connectivity index (χ1v) is 10.1. The summed E-state index contributed by atoms with van der Waals surface area (Å²) in [7, 11) is 1.47. The second kappa shape index (κ2) is 14.0. The molecule has 0 aromatic carbocycles. The monoisotopic (exact) mass is 464 g/mol. The van der Waals surface area contributed by atoms with Gasteiger partial charge >= 0.3 is 23.9 Å². The van der Waals surface area contributed by atoms with Crippen LogP contribution in [0.4, 0.5) is 0 Å². The number of hydrogen-bond acceptors (Lipinski definition) is 12. The van der Waals surface area contributed by atoms with Crippen molar-refractivity contribution in [3.63, 3.8) is 0 Å². The highest BCUT2D eigenvalue weighted by Crippen LogP contribution is 2.30. The molecule has 1 saturated heterocycles. The quantitative estimate of drug-likeness (QED) is 0.286. The molecule has 6 atom stereocenters. The Balaban J connectivity index is 3.21. The van der Waals surface area contributed by atoms with Gasteiger partial charge < -0.3 is 37.9 Å². The van der Waals surface area contributed by atoms with Gasteiger partial charge in [0.1, 0.15) is 18.8 Å². The minimum atomic E-state index is -1.28. The molecule has 0 aromatic rings. The van der Waals surface area contributed by atoms with Gasteiger partial charge in [0, 0.05) is 41.4 Å². The standard InChI is InChI=1S/C20H32O12/c1-7-26-8-15(25-6)9-28-20-19(31-14(5)24)18(30-13(4)23)17(29-12(3)22)16(32-20)10-27-11(2)21/h15-20H,7-10H2,1-6H3/t15?,16?,17-,18?,19+,20-/m1/s1. The number of carbonyl (C=O) groups is 4. The minimum Gasteiger partial charge on any atom is -0.463 e. The minimum absolute atomic E-state index is 0.0236. The average Bonchev–Trinajstić information content (AvgIpc) is 2.69. The Hall–Kier alpha value is -2.28. The summed E-state index contributed by atoms with van der Waals surface area (Å²) in [5.74, 6) is -2.74. The lowest BCUT2D eigenvalue weighted by Crippen LogP contribution is -2.63. The lowest BCUT2D eigenvalue weighted by atomic mass is 9.98. The normalized spacial score (nSPS) is 26.0. The van der Waals surface area contributed by atoms with Crippen molar-refractivity contribution in [3.8, 4) is 0 Å². The lowest BCUT2D eigenvalue weighted by Gasteiger charge is -2.44. The van der Waals surface area contributed by atoms with E-state index in [-0.39, 0.29) is 19.8 Å². The Kier molecular flexibility index (Phi) is 12.1. The van der Waals surface area contributed by atoms with Crippen molar-refractivity contribution in [2.24, 2.45) is 0 Å². The average molecular weight is 464 g/mol. The lowest BCUT2D eigenvalue weighted by molar-refractivity contribution is -0.311. The second-order valence-corrected chi connectivity index (χ2v) is 6.92. The zero-order chi connectivity index (χ0) is 24.3. The van der Waals surface area contributed by atoms with E-state index in [1.54, 1.807) is 0 Å². The van der Waals surface area contributed by atoms with Crippen LogP contribution >= 0.6 is 0 Å². The molecule has 0 spiro atoms. The molecule has 12 heteroatoms. The molecule has 0 amide bonds. The number of esters is 4. The van der Waals surface area contributed by atoms with Crippen LogP contribution in [0.5, 0.6) is 0 Å². The predicted octanol–water partition coefficient (Wildman–Crippen LogP) is 0.138. The van der Waals surface area contributed by atoms with Crippen molar-refractivity contribution in [2.75, 3.05) is 33.5 Å². The number of rotatable bonds is 12.